The van der Waals surface area contributed by atoms with E-state index < -0.39 is 0 Å². The maximum Gasteiger partial charge on any atom is 0.274 e. The first-order valence-electron chi connectivity index (χ1n) is 8.04. The third-order valence-corrected chi connectivity index (χ3v) is 3.63. The monoisotopic (exact) mass is 343 g/mol. The molecule has 0 aliphatic rings. The lowest BCUT2D eigenvalue weighted by atomic mass is 10.2. The number of aromatic nitrogens is 2. The molecule has 26 heavy (non-hydrogen) atoms. The molecule has 0 spiro atoms. The quantitative estimate of drug-likeness (QED) is 0.748. The normalized spacial score (nSPS) is 10.0. The van der Waals surface area contributed by atoms with Gasteiger partial charge in [-0.05, 0) is 61.9 Å². The van der Waals surface area contributed by atoms with E-state index in [1.54, 1.807) is 37.3 Å². The van der Waals surface area contributed by atoms with Gasteiger partial charge in [0, 0.05) is 17.1 Å². The Balaban J connectivity index is 1.80. The molecule has 1 aromatic heterocycles. The molecule has 0 saturated carbocycles. The molecule has 0 unspecified atom stereocenters. The number of anilines is 3. The molecule has 2 N–H and O–H groups in total. The summed E-state index contributed by atoms with van der Waals surface area (Å²) in [7, 11) is 0. The van der Waals surface area contributed by atoms with E-state index in [0.717, 1.165) is 11.3 Å². The highest BCUT2D eigenvalue weighted by atomic mass is 16.1. The topological polar surface area (TPSA) is 90.7 Å². The van der Waals surface area contributed by atoms with Crippen LogP contribution in [0.25, 0.3) is 0 Å². The number of hydrogen-bond donors (Lipinski definition) is 2. The van der Waals surface area contributed by atoms with Gasteiger partial charge in [0.15, 0.2) is 0 Å². The van der Waals surface area contributed by atoms with Crippen LogP contribution >= 0.6 is 0 Å². The fraction of sp³-hybridized carbons (Fsp3) is 0.100. The molecule has 0 aliphatic carbocycles. The van der Waals surface area contributed by atoms with Crippen molar-refractivity contribution in [3.05, 3.63) is 77.1 Å². The standard InChI is InChI=1S/C20H17N5O/c1-13-4-3-5-17(10-13)23-19(26)18-11-14(2)22-20(25-18)24-16-8-6-15(12-21)7-9-16/h3-11H,1-2H3,(H,23,26)(H,22,24,25). The minimum Gasteiger partial charge on any atom is -0.324 e. The van der Waals surface area contributed by atoms with Crippen molar-refractivity contribution in [2.24, 2.45) is 0 Å². The summed E-state index contributed by atoms with van der Waals surface area (Å²) in [6.07, 6.45) is 0. The first-order valence-corrected chi connectivity index (χ1v) is 8.04. The fourth-order valence-electron chi connectivity index (χ4n) is 2.42. The highest BCUT2D eigenvalue weighted by molar-refractivity contribution is 6.03. The second kappa shape index (κ2) is 7.45. The Bertz CT molecular complexity index is 990. The van der Waals surface area contributed by atoms with Crippen molar-refractivity contribution >= 4 is 23.2 Å². The molecule has 6 nitrogen and oxygen atoms in total. The molecule has 0 atom stereocenters. The first kappa shape index (κ1) is 17.1. The van der Waals surface area contributed by atoms with Crippen LogP contribution in [0.2, 0.25) is 0 Å². The number of rotatable bonds is 4. The molecule has 0 aliphatic heterocycles. The SMILES string of the molecule is Cc1cccc(NC(=O)c2cc(C)nc(Nc3ccc(C#N)cc3)n2)c1. The summed E-state index contributed by atoms with van der Waals surface area (Å²) in [5.74, 6) is 0.0214. The molecule has 0 bridgehead atoms. The van der Waals surface area contributed by atoms with Crippen molar-refractivity contribution in [2.75, 3.05) is 10.6 Å². The molecular formula is C20H17N5O. The summed E-state index contributed by atoms with van der Waals surface area (Å²) in [6.45, 7) is 3.76. The van der Waals surface area contributed by atoms with E-state index in [2.05, 4.69) is 26.7 Å². The lowest BCUT2D eigenvalue weighted by molar-refractivity contribution is 0.102. The van der Waals surface area contributed by atoms with E-state index in [-0.39, 0.29) is 11.6 Å². The van der Waals surface area contributed by atoms with Crippen LogP contribution in [0.1, 0.15) is 27.3 Å². The van der Waals surface area contributed by atoms with Crippen LogP contribution in [-0.2, 0) is 0 Å². The van der Waals surface area contributed by atoms with Gasteiger partial charge in [-0.3, -0.25) is 4.79 Å². The van der Waals surface area contributed by atoms with E-state index >= 15 is 0 Å². The van der Waals surface area contributed by atoms with E-state index in [1.807, 2.05) is 31.2 Å². The highest BCUT2D eigenvalue weighted by Gasteiger charge is 2.11. The minimum absolute atomic E-state index is 0.273. The molecule has 1 amide bonds. The fourth-order valence-corrected chi connectivity index (χ4v) is 2.42. The summed E-state index contributed by atoms with van der Waals surface area (Å²) in [5.41, 5.74) is 4.02. The van der Waals surface area contributed by atoms with Gasteiger partial charge < -0.3 is 10.6 Å². The number of carbonyl (C=O) groups is 1. The van der Waals surface area contributed by atoms with E-state index in [0.29, 0.717) is 22.9 Å². The van der Waals surface area contributed by atoms with Gasteiger partial charge >= 0.3 is 0 Å². The van der Waals surface area contributed by atoms with Crippen molar-refractivity contribution in [1.29, 1.82) is 5.26 Å². The molecule has 6 heteroatoms. The average molecular weight is 343 g/mol. The van der Waals surface area contributed by atoms with Crippen LogP contribution in [-0.4, -0.2) is 15.9 Å². The second-order valence-corrected chi connectivity index (χ2v) is 5.86. The van der Waals surface area contributed by atoms with Gasteiger partial charge in [-0.1, -0.05) is 12.1 Å². The van der Waals surface area contributed by atoms with Gasteiger partial charge in [0.25, 0.3) is 5.91 Å². The van der Waals surface area contributed by atoms with Crippen LogP contribution in [0.4, 0.5) is 17.3 Å². The predicted molar refractivity (Wildman–Crippen MR) is 100 cm³/mol. The summed E-state index contributed by atoms with van der Waals surface area (Å²) < 4.78 is 0. The van der Waals surface area contributed by atoms with Crippen LogP contribution in [0.3, 0.4) is 0 Å². The third kappa shape index (κ3) is 4.22. The Hall–Kier alpha value is -3.72. The van der Waals surface area contributed by atoms with Crippen LogP contribution in [0, 0.1) is 25.2 Å². The minimum atomic E-state index is -0.302. The largest absolute Gasteiger partial charge is 0.324 e. The molecule has 3 aromatic rings. The lowest BCUT2D eigenvalue weighted by Gasteiger charge is -2.09. The van der Waals surface area contributed by atoms with E-state index in [9.17, 15) is 4.79 Å². The number of nitrogens with zero attached hydrogens (tertiary/aromatic N) is 3. The van der Waals surface area contributed by atoms with Gasteiger partial charge in [0.2, 0.25) is 5.95 Å². The maximum absolute atomic E-state index is 12.5. The van der Waals surface area contributed by atoms with Crippen molar-refractivity contribution in [3.8, 4) is 6.07 Å². The van der Waals surface area contributed by atoms with Gasteiger partial charge in [-0.15, -0.1) is 0 Å². The Labute approximate surface area is 151 Å². The maximum atomic E-state index is 12.5. The molecule has 2 aromatic carbocycles. The van der Waals surface area contributed by atoms with Crippen LogP contribution in [0.5, 0.6) is 0 Å². The van der Waals surface area contributed by atoms with E-state index in [1.165, 1.54) is 0 Å². The van der Waals surface area contributed by atoms with Crippen LogP contribution in [0.15, 0.2) is 54.6 Å². The Morgan fingerprint density at radius 3 is 2.46 bits per heavy atom. The van der Waals surface area contributed by atoms with Gasteiger partial charge in [-0.25, -0.2) is 9.97 Å². The number of nitrogens with one attached hydrogen (secondary N) is 2. The zero-order valence-corrected chi connectivity index (χ0v) is 14.4. The molecule has 1 heterocycles. The number of hydrogen-bond acceptors (Lipinski definition) is 5. The molecule has 0 saturated heterocycles. The summed E-state index contributed by atoms with van der Waals surface area (Å²) in [6, 6.07) is 18.2. The molecule has 128 valence electrons. The Morgan fingerprint density at radius 2 is 1.77 bits per heavy atom. The van der Waals surface area contributed by atoms with Crippen molar-refractivity contribution in [1.82, 2.24) is 9.97 Å². The predicted octanol–water partition coefficient (Wildman–Crippen LogP) is 3.96. The van der Waals surface area contributed by atoms with Crippen molar-refractivity contribution in [3.63, 3.8) is 0 Å². The molecule has 3 rings (SSSR count). The van der Waals surface area contributed by atoms with Crippen molar-refractivity contribution < 1.29 is 4.79 Å². The second-order valence-electron chi connectivity index (χ2n) is 5.86. The highest BCUT2D eigenvalue weighted by Crippen LogP contribution is 2.16. The first-order chi connectivity index (χ1) is 12.5. The van der Waals surface area contributed by atoms with Crippen molar-refractivity contribution in [2.45, 2.75) is 13.8 Å². The van der Waals surface area contributed by atoms with E-state index in [4.69, 9.17) is 5.26 Å². The average Bonchev–Trinajstić information content (AvgIpc) is 2.62. The number of nitriles is 1. The van der Waals surface area contributed by atoms with Crippen LogP contribution < -0.4 is 10.6 Å². The zero-order valence-electron chi connectivity index (χ0n) is 14.4. The summed E-state index contributed by atoms with van der Waals surface area (Å²) >= 11 is 0. The molecule has 0 fully saturated rings. The van der Waals surface area contributed by atoms with Gasteiger partial charge in [0.05, 0.1) is 11.6 Å². The van der Waals surface area contributed by atoms with Gasteiger partial charge in [0.1, 0.15) is 5.69 Å². The lowest BCUT2D eigenvalue weighted by Crippen LogP contribution is -2.15. The number of aryl methyl sites for hydroxylation is 2. The summed E-state index contributed by atoms with van der Waals surface area (Å²) in [5, 5.41) is 14.7. The summed E-state index contributed by atoms with van der Waals surface area (Å²) in [4.78, 5) is 21.1. The molecule has 0 radical (unpaired) electrons. The third-order valence-electron chi connectivity index (χ3n) is 3.63. The Morgan fingerprint density at radius 1 is 1.00 bits per heavy atom. The number of amides is 1. The number of benzene rings is 2. The Kier molecular flexibility index (Phi) is 4.90. The zero-order chi connectivity index (χ0) is 18.5. The molecular weight excluding hydrogens is 326 g/mol. The van der Waals surface area contributed by atoms with Gasteiger partial charge in [-0.2, -0.15) is 5.26 Å². The number of carbonyl (C=O) groups excluding carboxylic acids is 1. The smallest absolute Gasteiger partial charge is 0.274 e.